The van der Waals surface area contributed by atoms with Gasteiger partial charge in [-0.3, -0.25) is 9.97 Å². The number of furan rings is 2. The van der Waals surface area contributed by atoms with Crippen molar-refractivity contribution >= 4 is 60.9 Å². The Labute approximate surface area is 293 Å². The lowest BCUT2D eigenvalue weighted by Crippen LogP contribution is -2.09. The molecule has 0 amide bonds. The smallest absolute Gasteiger partial charge is 0.161 e. The van der Waals surface area contributed by atoms with Crippen molar-refractivity contribution in [3.05, 3.63) is 176 Å². The molecule has 4 heterocycles. The van der Waals surface area contributed by atoms with Crippen molar-refractivity contribution < 1.29 is 8.83 Å². The highest BCUT2D eigenvalue weighted by atomic mass is 16.3. The molecule has 0 atom stereocenters. The summed E-state index contributed by atoms with van der Waals surface area (Å²) >= 11 is 0. The molecule has 0 fully saturated rings. The molecule has 6 aromatic carbocycles. The van der Waals surface area contributed by atoms with Gasteiger partial charge in [-0.2, -0.15) is 0 Å². The second-order valence-electron chi connectivity index (χ2n) is 12.6. The van der Waals surface area contributed by atoms with E-state index in [1.54, 1.807) is 0 Å². The molecule has 0 radical (unpaired) electrons. The first-order valence-electron chi connectivity index (χ1n) is 17.0. The highest BCUT2D eigenvalue weighted by Crippen LogP contribution is 2.40. The van der Waals surface area contributed by atoms with Crippen LogP contribution in [0, 0.1) is 0 Å². The van der Waals surface area contributed by atoms with Gasteiger partial charge in [-0.05, 0) is 71.8 Å². The van der Waals surface area contributed by atoms with Gasteiger partial charge in [-0.1, -0.05) is 103 Å². The Balaban J connectivity index is 1.06. The summed E-state index contributed by atoms with van der Waals surface area (Å²) in [5, 5.41) is 4.31. The van der Waals surface area contributed by atoms with Gasteiger partial charge in [0.2, 0.25) is 0 Å². The van der Waals surface area contributed by atoms with E-state index in [-0.39, 0.29) is 0 Å². The highest BCUT2D eigenvalue weighted by Gasteiger charge is 2.18. The number of anilines is 3. The zero-order valence-corrected chi connectivity index (χ0v) is 27.4. The maximum absolute atomic E-state index is 6.31. The van der Waals surface area contributed by atoms with Crippen molar-refractivity contribution in [3.63, 3.8) is 0 Å². The van der Waals surface area contributed by atoms with Gasteiger partial charge in [0.05, 0.1) is 0 Å². The monoisotopic (exact) mass is 655 g/mol. The molecule has 0 spiro atoms. The summed E-state index contributed by atoms with van der Waals surface area (Å²) < 4.78 is 12.6. The van der Waals surface area contributed by atoms with E-state index in [4.69, 9.17) is 18.8 Å². The van der Waals surface area contributed by atoms with E-state index in [9.17, 15) is 0 Å². The Morgan fingerprint density at radius 3 is 1.20 bits per heavy atom. The topological polar surface area (TPSA) is 55.3 Å². The third-order valence-electron chi connectivity index (χ3n) is 9.62. The predicted molar refractivity (Wildman–Crippen MR) is 208 cm³/mol. The first-order chi connectivity index (χ1) is 25.3. The number of pyridine rings is 2. The van der Waals surface area contributed by atoms with E-state index in [0.717, 1.165) is 83.5 Å². The van der Waals surface area contributed by atoms with Crippen molar-refractivity contribution in [3.8, 4) is 33.6 Å². The summed E-state index contributed by atoms with van der Waals surface area (Å²) in [7, 11) is 0. The van der Waals surface area contributed by atoms with Gasteiger partial charge in [-0.25, -0.2) is 0 Å². The molecule has 10 aromatic rings. The summed E-state index contributed by atoms with van der Waals surface area (Å²) in [4.78, 5) is 11.8. The first-order valence-corrected chi connectivity index (χ1v) is 17.0. The number of hydrogen-bond donors (Lipinski definition) is 0. The van der Waals surface area contributed by atoms with Crippen molar-refractivity contribution in [1.29, 1.82) is 0 Å². The highest BCUT2D eigenvalue weighted by molar-refractivity contribution is 6.09. The van der Waals surface area contributed by atoms with E-state index in [2.05, 4.69) is 114 Å². The number of fused-ring (bicyclic) bond motifs is 6. The third-order valence-corrected chi connectivity index (χ3v) is 9.62. The van der Waals surface area contributed by atoms with E-state index in [1.165, 1.54) is 11.1 Å². The van der Waals surface area contributed by atoms with Crippen LogP contribution in [0.25, 0.3) is 77.5 Å². The Morgan fingerprint density at radius 2 is 0.725 bits per heavy atom. The van der Waals surface area contributed by atoms with Gasteiger partial charge in [0, 0.05) is 62.1 Å². The van der Waals surface area contributed by atoms with E-state index < -0.39 is 0 Å². The molecular formula is C46H29N3O2. The standard InChI is InChI=1S/C46H29N3O2/c1-2-8-30(9-3-1)31-14-20-34(21-15-31)49(35-22-16-32(17-23-35)43-45-39(26-28-47-43)37-10-4-6-12-41(37)50-45)36-24-18-33(19-25-36)44-46-40(27-29-48-44)38-11-5-7-13-42(38)51-46/h1-29H. The number of nitrogens with zero attached hydrogens (tertiary/aromatic N) is 3. The predicted octanol–water partition coefficient (Wildman–Crippen LogP) is 12.7. The average Bonchev–Trinajstić information content (AvgIpc) is 3.78. The second kappa shape index (κ2) is 11.9. The van der Waals surface area contributed by atoms with Crippen LogP contribution in [-0.2, 0) is 0 Å². The van der Waals surface area contributed by atoms with Crippen LogP contribution < -0.4 is 4.90 Å². The van der Waals surface area contributed by atoms with Crippen LogP contribution in [0.4, 0.5) is 17.1 Å². The summed E-state index contributed by atoms with van der Waals surface area (Å²) in [6.07, 6.45) is 3.72. The van der Waals surface area contributed by atoms with E-state index in [0.29, 0.717) is 0 Å². The van der Waals surface area contributed by atoms with Crippen LogP contribution >= 0.6 is 0 Å². The molecule has 0 aliphatic heterocycles. The molecule has 51 heavy (non-hydrogen) atoms. The maximum Gasteiger partial charge on any atom is 0.161 e. The van der Waals surface area contributed by atoms with Crippen molar-refractivity contribution in [2.75, 3.05) is 4.90 Å². The van der Waals surface area contributed by atoms with Crippen LogP contribution in [0.2, 0.25) is 0 Å². The Hall–Kier alpha value is -6.98. The van der Waals surface area contributed by atoms with Gasteiger partial charge >= 0.3 is 0 Å². The Morgan fingerprint density at radius 1 is 0.333 bits per heavy atom. The Bertz CT molecular complexity index is 2680. The molecule has 4 aromatic heterocycles. The molecule has 0 saturated carbocycles. The van der Waals surface area contributed by atoms with Gasteiger partial charge in [0.15, 0.2) is 11.2 Å². The fraction of sp³-hybridized carbons (Fsp3) is 0. The van der Waals surface area contributed by atoms with Gasteiger partial charge in [0.1, 0.15) is 22.6 Å². The maximum atomic E-state index is 6.31. The first kappa shape index (κ1) is 29.0. The number of hydrogen-bond acceptors (Lipinski definition) is 5. The van der Waals surface area contributed by atoms with Crippen molar-refractivity contribution in [1.82, 2.24) is 9.97 Å². The van der Waals surface area contributed by atoms with Crippen LogP contribution in [0.5, 0.6) is 0 Å². The lowest BCUT2D eigenvalue weighted by Gasteiger charge is -2.26. The SMILES string of the molecule is c1ccc(-c2ccc(N(c3ccc(-c4nccc5c4oc4ccccc45)cc3)c3ccc(-c4nccc5c4oc4ccccc45)cc3)cc2)cc1. The number of aromatic nitrogens is 2. The quantitative estimate of drug-likeness (QED) is 0.178. The molecule has 0 N–H and O–H groups in total. The lowest BCUT2D eigenvalue weighted by molar-refractivity contribution is 0.668. The summed E-state index contributed by atoms with van der Waals surface area (Å²) in [5.74, 6) is 0. The Kier molecular flexibility index (Phi) is 6.74. The number of para-hydroxylation sites is 2. The summed E-state index contributed by atoms with van der Waals surface area (Å²) in [6.45, 7) is 0. The molecule has 0 aliphatic rings. The van der Waals surface area contributed by atoms with Gasteiger partial charge in [-0.15, -0.1) is 0 Å². The van der Waals surface area contributed by atoms with Crippen LogP contribution in [0.15, 0.2) is 185 Å². The zero-order valence-electron chi connectivity index (χ0n) is 27.4. The molecule has 240 valence electrons. The molecule has 0 saturated heterocycles. The largest absolute Gasteiger partial charge is 0.454 e. The molecule has 0 unspecified atom stereocenters. The van der Waals surface area contributed by atoms with Crippen molar-refractivity contribution in [2.45, 2.75) is 0 Å². The normalized spacial score (nSPS) is 11.5. The van der Waals surface area contributed by atoms with Crippen molar-refractivity contribution in [2.24, 2.45) is 0 Å². The second-order valence-corrected chi connectivity index (χ2v) is 12.6. The fourth-order valence-electron chi connectivity index (χ4n) is 7.13. The van der Waals surface area contributed by atoms with E-state index >= 15 is 0 Å². The average molecular weight is 656 g/mol. The lowest BCUT2D eigenvalue weighted by atomic mass is 10.0. The molecule has 0 bridgehead atoms. The minimum Gasteiger partial charge on any atom is -0.454 e. The third kappa shape index (κ3) is 4.94. The van der Waals surface area contributed by atoms with Gasteiger partial charge in [0.25, 0.3) is 0 Å². The molecule has 0 aliphatic carbocycles. The summed E-state index contributed by atoms with van der Waals surface area (Å²) in [6, 6.07) is 56.5. The molecule has 10 rings (SSSR count). The van der Waals surface area contributed by atoms with Crippen LogP contribution in [0.3, 0.4) is 0 Å². The molecule has 5 nitrogen and oxygen atoms in total. The van der Waals surface area contributed by atoms with Gasteiger partial charge < -0.3 is 13.7 Å². The molecule has 5 heteroatoms. The van der Waals surface area contributed by atoms with E-state index in [1.807, 2.05) is 67.0 Å². The number of benzene rings is 6. The zero-order chi connectivity index (χ0) is 33.7. The van der Waals surface area contributed by atoms with Crippen LogP contribution in [-0.4, -0.2) is 9.97 Å². The summed E-state index contributed by atoms with van der Waals surface area (Å²) in [5.41, 5.74) is 12.4. The fourth-order valence-corrected chi connectivity index (χ4v) is 7.13. The van der Waals surface area contributed by atoms with Crippen LogP contribution in [0.1, 0.15) is 0 Å². The molecular weight excluding hydrogens is 627 g/mol. The minimum absolute atomic E-state index is 0.795. The minimum atomic E-state index is 0.795. The number of rotatable bonds is 6.